The Hall–Kier alpha value is -0.830. The van der Waals surface area contributed by atoms with Crippen LogP contribution in [0.5, 0.6) is 0 Å². The van der Waals surface area contributed by atoms with E-state index in [0.717, 1.165) is 16.5 Å². The first kappa shape index (κ1) is 12.2. The number of hydrogen-bond donors (Lipinski definition) is 1. The van der Waals surface area contributed by atoms with Gasteiger partial charge in [-0.15, -0.1) is 0 Å². The molecule has 1 N–H and O–H groups in total. The molecule has 3 heteroatoms. The van der Waals surface area contributed by atoms with Crippen LogP contribution in [0.4, 0.5) is 0 Å². The van der Waals surface area contributed by atoms with Crippen LogP contribution in [0.25, 0.3) is 0 Å². The van der Waals surface area contributed by atoms with E-state index in [9.17, 15) is 4.79 Å². The summed E-state index contributed by atoms with van der Waals surface area (Å²) in [6.07, 6.45) is 0.881. The molecule has 1 amide bonds. The Kier molecular flexibility index (Phi) is 4.82. The van der Waals surface area contributed by atoms with Gasteiger partial charge in [-0.3, -0.25) is 4.79 Å². The fourth-order valence-electron chi connectivity index (χ4n) is 1.15. The Balaban J connectivity index is 2.43. The molecular formula is C12H16BrNO. The SMILES string of the molecule is CCC(C)C(=O)NCc1ccc(Br)cc1. The molecule has 1 aromatic rings. The average molecular weight is 270 g/mol. The van der Waals surface area contributed by atoms with Crippen LogP contribution in [0.15, 0.2) is 28.7 Å². The molecule has 0 heterocycles. The number of carbonyl (C=O) groups is 1. The molecule has 0 spiro atoms. The second-order valence-corrected chi connectivity index (χ2v) is 4.57. The van der Waals surface area contributed by atoms with Crippen LogP contribution in [0, 0.1) is 5.92 Å². The first-order chi connectivity index (χ1) is 7.13. The molecule has 0 saturated carbocycles. The molecule has 0 aliphatic carbocycles. The highest BCUT2D eigenvalue weighted by molar-refractivity contribution is 9.10. The molecule has 0 bridgehead atoms. The molecule has 1 unspecified atom stereocenters. The van der Waals surface area contributed by atoms with Gasteiger partial charge in [-0.2, -0.15) is 0 Å². The summed E-state index contributed by atoms with van der Waals surface area (Å²) >= 11 is 3.37. The zero-order chi connectivity index (χ0) is 11.3. The van der Waals surface area contributed by atoms with Gasteiger partial charge in [-0.1, -0.05) is 41.9 Å². The predicted octanol–water partition coefficient (Wildman–Crippen LogP) is 3.11. The van der Waals surface area contributed by atoms with Gasteiger partial charge < -0.3 is 5.32 Å². The molecule has 0 aliphatic heterocycles. The number of nitrogens with one attached hydrogen (secondary N) is 1. The monoisotopic (exact) mass is 269 g/mol. The van der Waals surface area contributed by atoms with Crippen LogP contribution >= 0.6 is 15.9 Å². The first-order valence-corrected chi connectivity index (χ1v) is 5.95. The maximum absolute atomic E-state index is 11.5. The van der Waals surface area contributed by atoms with Crippen LogP contribution in [-0.2, 0) is 11.3 Å². The number of benzene rings is 1. The number of carbonyl (C=O) groups excluding carboxylic acids is 1. The number of hydrogen-bond acceptors (Lipinski definition) is 1. The Bertz CT molecular complexity index is 321. The van der Waals surface area contributed by atoms with Crippen molar-refractivity contribution in [2.45, 2.75) is 26.8 Å². The number of rotatable bonds is 4. The maximum atomic E-state index is 11.5. The second-order valence-electron chi connectivity index (χ2n) is 3.65. The molecule has 82 valence electrons. The standard InChI is InChI=1S/C12H16BrNO/c1-3-9(2)12(15)14-8-10-4-6-11(13)7-5-10/h4-7,9H,3,8H2,1-2H3,(H,14,15). The molecule has 0 radical (unpaired) electrons. The predicted molar refractivity (Wildman–Crippen MR) is 65.4 cm³/mol. The van der Waals surface area contributed by atoms with Gasteiger partial charge in [0.25, 0.3) is 0 Å². The van der Waals surface area contributed by atoms with Crippen LogP contribution in [0.1, 0.15) is 25.8 Å². The van der Waals surface area contributed by atoms with E-state index in [0.29, 0.717) is 6.54 Å². The Labute approximate surface area is 99.2 Å². The lowest BCUT2D eigenvalue weighted by atomic mass is 10.1. The normalized spacial score (nSPS) is 12.2. The minimum atomic E-state index is 0.0976. The van der Waals surface area contributed by atoms with Gasteiger partial charge in [-0.05, 0) is 24.1 Å². The zero-order valence-electron chi connectivity index (χ0n) is 9.09. The van der Waals surface area contributed by atoms with Gasteiger partial charge in [-0.25, -0.2) is 0 Å². The van der Waals surface area contributed by atoms with Crippen LogP contribution in [-0.4, -0.2) is 5.91 Å². The van der Waals surface area contributed by atoms with E-state index < -0.39 is 0 Å². The topological polar surface area (TPSA) is 29.1 Å². The maximum Gasteiger partial charge on any atom is 0.223 e. The summed E-state index contributed by atoms with van der Waals surface area (Å²) < 4.78 is 1.06. The van der Waals surface area contributed by atoms with Crippen molar-refractivity contribution < 1.29 is 4.79 Å². The summed E-state index contributed by atoms with van der Waals surface area (Å²) in [5, 5.41) is 2.91. The fraction of sp³-hybridized carbons (Fsp3) is 0.417. The largest absolute Gasteiger partial charge is 0.352 e. The second kappa shape index (κ2) is 5.91. The van der Waals surface area contributed by atoms with Crippen molar-refractivity contribution in [3.05, 3.63) is 34.3 Å². The van der Waals surface area contributed by atoms with Gasteiger partial charge in [0.05, 0.1) is 0 Å². The van der Waals surface area contributed by atoms with Crippen LogP contribution in [0.3, 0.4) is 0 Å². The third-order valence-corrected chi connectivity index (χ3v) is 2.97. The molecule has 0 fully saturated rings. The molecule has 2 nitrogen and oxygen atoms in total. The Morgan fingerprint density at radius 1 is 1.40 bits per heavy atom. The third-order valence-electron chi connectivity index (χ3n) is 2.44. The van der Waals surface area contributed by atoms with E-state index in [-0.39, 0.29) is 11.8 Å². The summed E-state index contributed by atoms with van der Waals surface area (Å²) in [6.45, 7) is 4.57. The van der Waals surface area contributed by atoms with E-state index >= 15 is 0 Å². The van der Waals surface area contributed by atoms with Gasteiger partial charge >= 0.3 is 0 Å². The summed E-state index contributed by atoms with van der Waals surface area (Å²) in [5.74, 6) is 0.223. The summed E-state index contributed by atoms with van der Waals surface area (Å²) in [5.41, 5.74) is 1.12. The van der Waals surface area contributed by atoms with Crippen molar-refractivity contribution in [1.29, 1.82) is 0 Å². The minimum Gasteiger partial charge on any atom is -0.352 e. The van der Waals surface area contributed by atoms with Gasteiger partial charge in [0.15, 0.2) is 0 Å². The van der Waals surface area contributed by atoms with Crippen LogP contribution < -0.4 is 5.32 Å². The number of halogens is 1. The Morgan fingerprint density at radius 2 is 2.00 bits per heavy atom. The lowest BCUT2D eigenvalue weighted by Gasteiger charge is -2.09. The van der Waals surface area contributed by atoms with Gasteiger partial charge in [0, 0.05) is 16.9 Å². The van der Waals surface area contributed by atoms with Crippen molar-refractivity contribution in [2.24, 2.45) is 5.92 Å². The first-order valence-electron chi connectivity index (χ1n) is 5.15. The summed E-state index contributed by atoms with van der Waals surface area (Å²) in [6, 6.07) is 7.96. The van der Waals surface area contributed by atoms with Crippen molar-refractivity contribution >= 4 is 21.8 Å². The molecule has 0 aliphatic rings. The Morgan fingerprint density at radius 3 is 2.53 bits per heavy atom. The highest BCUT2D eigenvalue weighted by Gasteiger charge is 2.08. The highest BCUT2D eigenvalue weighted by Crippen LogP contribution is 2.10. The van der Waals surface area contributed by atoms with Crippen molar-refractivity contribution in [3.8, 4) is 0 Å². The molecule has 1 aromatic carbocycles. The molecule has 1 rings (SSSR count). The van der Waals surface area contributed by atoms with Crippen molar-refractivity contribution in [1.82, 2.24) is 5.32 Å². The molecule has 15 heavy (non-hydrogen) atoms. The highest BCUT2D eigenvalue weighted by atomic mass is 79.9. The van der Waals surface area contributed by atoms with Crippen molar-refractivity contribution in [2.75, 3.05) is 0 Å². The van der Waals surface area contributed by atoms with E-state index in [1.54, 1.807) is 0 Å². The summed E-state index contributed by atoms with van der Waals surface area (Å²) in [7, 11) is 0. The quantitative estimate of drug-likeness (QED) is 0.894. The lowest BCUT2D eigenvalue weighted by Crippen LogP contribution is -2.28. The van der Waals surface area contributed by atoms with E-state index in [1.807, 2.05) is 38.1 Å². The fourth-order valence-corrected chi connectivity index (χ4v) is 1.42. The van der Waals surface area contributed by atoms with Gasteiger partial charge in [0.2, 0.25) is 5.91 Å². The lowest BCUT2D eigenvalue weighted by molar-refractivity contribution is -0.124. The smallest absolute Gasteiger partial charge is 0.223 e. The number of amides is 1. The molecule has 1 atom stereocenters. The van der Waals surface area contributed by atoms with Crippen LogP contribution in [0.2, 0.25) is 0 Å². The van der Waals surface area contributed by atoms with E-state index in [2.05, 4.69) is 21.2 Å². The minimum absolute atomic E-state index is 0.0976. The zero-order valence-corrected chi connectivity index (χ0v) is 10.7. The molecule has 0 aromatic heterocycles. The third kappa shape index (κ3) is 4.04. The van der Waals surface area contributed by atoms with Gasteiger partial charge in [0.1, 0.15) is 0 Å². The molecule has 0 saturated heterocycles. The molecular weight excluding hydrogens is 254 g/mol. The summed E-state index contributed by atoms with van der Waals surface area (Å²) in [4.78, 5) is 11.5. The van der Waals surface area contributed by atoms with E-state index in [4.69, 9.17) is 0 Å². The average Bonchev–Trinajstić information content (AvgIpc) is 2.26. The van der Waals surface area contributed by atoms with E-state index in [1.165, 1.54) is 0 Å². The van der Waals surface area contributed by atoms with Crippen molar-refractivity contribution in [3.63, 3.8) is 0 Å².